The van der Waals surface area contributed by atoms with Crippen LogP contribution < -0.4 is 0 Å². The Hall–Kier alpha value is -1.06. The van der Waals surface area contributed by atoms with Crippen molar-refractivity contribution in [3.8, 4) is 0 Å². The molecule has 36 atom stereocenters. The minimum absolute atomic E-state index is 0.361. The first kappa shape index (κ1) is 107. The molecular formula is C76H146O40P2. The molecule has 24 N–H and O–H groups in total. The van der Waals surface area contributed by atoms with E-state index in [1.54, 1.807) is 13.8 Å². The summed E-state index contributed by atoms with van der Waals surface area (Å²) in [5, 5.41) is 230. The van der Waals surface area contributed by atoms with E-state index < -0.39 is 264 Å². The van der Waals surface area contributed by atoms with E-state index in [4.69, 9.17) is 65.5 Å². The molecule has 4 heterocycles. The van der Waals surface area contributed by atoms with Gasteiger partial charge in [-0.1, -0.05) is 195 Å². The van der Waals surface area contributed by atoms with Crippen LogP contribution in [0, 0.1) is 0 Å². The molecule has 0 radical (unpaired) electrons. The zero-order chi connectivity index (χ0) is 87.4. The molecule has 20 unspecified atom stereocenters. The molecule has 40 nitrogen and oxygen atoms in total. The number of phosphoric ester groups is 2. The van der Waals surface area contributed by atoms with Gasteiger partial charge in [0.15, 0.2) is 25.2 Å². The molecule has 700 valence electrons. The van der Waals surface area contributed by atoms with Gasteiger partial charge in [-0.15, -0.1) is 0 Å². The second-order valence-corrected chi connectivity index (χ2v) is 34.6. The molecule has 0 bridgehead atoms. The molecule has 6 rings (SSSR count). The molecule has 4 saturated heterocycles. The van der Waals surface area contributed by atoms with Gasteiger partial charge in [0.05, 0.1) is 51.8 Å². The lowest BCUT2D eigenvalue weighted by Gasteiger charge is -2.49. The quantitative estimate of drug-likeness (QED) is 0.0242. The van der Waals surface area contributed by atoms with Crippen LogP contribution in [0.4, 0.5) is 0 Å². The van der Waals surface area contributed by atoms with E-state index in [-0.39, 0.29) is 0 Å². The Labute approximate surface area is 691 Å². The maximum Gasteiger partial charge on any atom is 0.472 e. The van der Waals surface area contributed by atoms with Crippen LogP contribution in [0.25, 0.3) is 0 Å². The Balaban J connectivity index is 0.000000420. The Morgan fingerprint density at radius 3 is 0.653 bits per heavy atom. The fraction of sp³-hybridized carbons (Fsp3) is 1.00. The van der Waals surface area contributed by atoms with Crippen LogP contribution in [0.5, 0.6) is 0 Å². The van der Waals surface area contributed by atoms with Gasteiger partial charge in [0.1, 0.15) is 171 Å². The largest absolute Gasteiger partial charge is 0.472 e. The lowest BCUT2D eigenvalue weighted by atomic mass is 9.84. The average Bonchev–Trinajstić information content (AvgIpc) is 0.761. The highest BCUT2D eigenvalue weighted by molar-refractivity contribution is 7.47. The molecule has 42 heteroatoms. The first-order chi connectivity index (χ1) is 56.2. The number of hydrogen-bond donors (Lipinski definition) is 24. The molecule has 0 aromatic heterocycles. The lowest BCUT2D eigenvalue weighted by molar-refractivity contribution is -0.360. The molecule has 6 fully saturated rings. The minimum Gasteiger partial charge on any atom is -0.394 e. The maximum absolute atomic E-state index is 13.5. The second-order valence-electron chi connectivity index (χ2n) is 31.8. The first-order valence-electron chi connectivity index (χ1n) is 42.7. The Morgan fingerprint density at radius 2 is 0.458 bits per heavy atom. The van der Waals surface area contributed by atoms with Crippen LogP contribution in [0.15, 0.2) is 0 Å². The highest BCUT2D eigenvalue weighted by atomic mass is 31.2. The van der Waals surface area contributed by atoms with E-state index in [1.807, 2.05) is 0 Å². The predicted octanol–water partition coefficient (Wildman–Crippen LogP) is -1.54. The van der Waals surface area contributed by atoms with Crippen molar-refractivity contribution in [1.29, 1.82) is 0 Å². The van der Waals surface area contributed by atoms with Crippen molar-refractivity contribution in [3.63, 3.8) is 0 Å². The van der Waals surface area contributed by atoms with Crippen LogP contribution in [0.3, 0.4) is 0 Å². The predicted molar refractivity (Wildman–Crippen MR) is 413 cm³/mol. The molecule has 6 aliphatic rings. The Bertz CT molecular complexity index is 2410. The zero-order valence-electron chi connectivity index (χ0n) is 68.7. The molecule has 2 aliphatic carbocycles. The second kappa shape index (κ2) is 56.3. The topological polar surface area (TPSA) is 649 Å². The van der Waals surface area contributed by atoms with Gasteiger partial charge >= 0.3 is 15.6 Å². The van der Waals surface area contributed by atoms with Gasteiger partial charge in [-0.3, -0.25) is 18.1 Å². The molecule has 2 saturated carbocycles. The molecule has 0 aromatic carbocycles. The third kappa shape index (κ3) is 33.5. The van der Waals surface area contributed by atoms with Gasteiger partial charge in [0.2, 0.25) is 0 Å². The van der Waals surface area contributed by atoms with Crippen molar-refractivity contribution < 1.29 is 197 Å². The fourth-order valence-electron chi connectivity index (χ4n) is 14.9. The number of rotatable bonds is 56. The van der Waals surface area contributed by atoms with Crippen LogP contribution in [0.2, 0.25) is 0 Å². The summed E-state index contributed by atoms with van der Waals surface area (Å²) >= 11 is 0. The number of phosphoric acid groups is 2. The zero-order valence-corrected chi connectivity index (χ0v) is 70.4. The van der Waals surface area contributed by atoms with Crippen molar-refractivity contribution in [3.05, 3.63) is 0 Å². The van der Waals surface area contributed by atoms with Crippen molar-refractivity contribution in [2.75, 3.05) is 52.9 Å². The maximum atomic E-state index is 13.5. The first-order valence-corrected chi connectivity index (χ1v) is 45.7. The van der Waals surface area contributed by atoms with Crippen LogP contribution in [-0.2, 0) is 74.6 Å². The summed E-state index contributed by atoms with van der Waals surface area (Å²) in [6.45, 7) is 4.30. The highest BCUT2D eigenvalue weighted by Gasteiger charge is 2.61. The van der Waals surface area contributed by atoms with Gasteiger partial charge in [0, 0.05) is 13.2 Å². The number of unbranched alkanes of at least 4 members (excludes halogenated alkanes) is 26. The van der Waals surface area contributed by atoms with Gasteiger partial charge in [0.25, 0.3) is 0 Å². The third-order valence-corrected chi connectivity index (χ3v) is 24.5. The number of aliphatic hydroxyl groups excluding tert-OH is 22. The van der Waals surface area contributed by atoms with Crippen molar-refractivity contribution in [2.24, 2.45) is 0 Å². The van der Waals surface area contributed by atoms with E-state index in [0.717, 1.165) is 51.4 Å². The monoisotopic (exact) mass is 1760 g/mol. The summed E-state index contributed by atoms with van der Waals surface area (Å²) in [7, 11) is -10.6. The lowest BCUT2D eigenvalue weighted by Crippen LogP contribution is -2.69. The van der Waals surface area contributed by atoms with E-state index in [1.165, 1.54) is 128 Å². The highest BCUT2D eigenvalue weighted by Crippen LogP contribution is 2.51. The van der Waals surface area contributed by atoms with Crippen molar-refractivity contribution in [1.82, 2.24) is 0 Å². The number of ether oxygens (including phenoxy) is 10. The molecular weight excluding hydrogens is 1610 g/mol. The molecule has 0 amide bonds. The van der Waals surface area contributed by atoms with Crippen molar-refractivity contribution in [2.45, 2.75) is 429 Å². The van der Waals surface area contributed by atoms with E-state index >= 15 is 0 Å². The third-order valence-electron chi connectivity index (χ3n) is 22.6. The number of aliphatic hydroxyl groups is 22. The van der Waals surface area contributed by atoms with Crippen LogP contribution >= 0.6 is 15.6 Å². The summed E-state index contributed by atoms with van der Waals surface area (Å²) in [5.74, 6) is 0. The standard InChI is InChI=1S/2C38H73O20P/c2*1-3-5-6-7-8-9-10-11-12-13-14-15-16-17-18-52-22(4-2)21-53-59(50,51)58-36-34(56-37-32(48)27(43)25(41)23(19-39)54-37)30(46)29(45)31(47)35(36)57-38-33(49)28(44)26(42)24(20-40)55-38/h2*22-49H,3-21H2,1-2H3,(H,50,51)/t2*22-,23?,24?,25-,26-,27+,28?,29?,30?,31+,32?,33-,34?,35?,36?,37-,38-/m11/s1. The summed E-state index contributed by atoms with van der Waals surface area (Å²) in [6.07, 6.45) is -30.6. The van der Waals surface area contributed by atoms with E-state index in [0.29, 0.717) is 26.1 Å². The molecule has 4 aliphatic heterocycles. The fourth-order valence-corrected chi connectivity index (χ4v) is 16.9. The SMILES string of the molecule is CCCCCCCCCCCCCCCCO[C@H](CC)COP(=O)(O)OC1C(O[C@H]2OC(CO)[C@@H](O)[C@H](O)C2O)C(O)C(O)[C@H](O)C1O[C@H]1OC(CO)[C@@H](O)C(O)[C@H]1O.CCCCCCCCCCCCCCCCO[C@H](CC)COP(=O)(O)OC1C(O[C@H]2OC(CO)[C@@H](O)[C@H](O)C2O)C(O)C(O)[C@H](O)C1O[C@H]1OC(CO)[C@@H](O)C(O)[C@H]1O. The van der Waals surface area contributed by atoms with Crippen molar-refractivity contribution >= 4 is 15.6 Å². The molecule has 118 heavy (non-hydrogen) atoms. The molecule has 0 spiro atoms. The smallest absolute Gasteiger partial charge is 0.394 e. The Morgan fingerprint density at radius 1 is 0.263 bits per heavy atom. The normalized spacial score (nSPS) is 38.3. The minimum atomic E-state index is -5.28. The summed E-state index contributed by atoms with van der Waals surface area (Å²) in [5.41, 5.74) is 0. The van der Waals surface area contributed by atoms with Gasteiger partial charge < -0.3 is 169 Å². The van der Waals surface area contributed by atoms with Crippen LogP contribution in [-0.4, -0.2) is 383 Å². The van der Waals surface area contributed by atoms with Crippen LogP contribution in [0.1, 0.15) is 220 Å². The Kier molecular flexibility index (Phi) is 51.3. The number of hydrogen-bond acceptors (Lipinski definition) is 38. The van der Waals surface area contributed by atoms with E-state index in [9.17, 15) is 131 Å². The average molecular weight is 1760 g/mol. The van der Waals surface area contributed by atoms with Gasteiger partial charge in [-0.2, -0.15) is 0 Å². The van der Waals surface area contributed by atoms with Gasteiger partial charge in [-0.25, -0.2) is 9.13 Å². The summed E-state index contributed by atoms with van der Waals surface area (Å²) < 4.78 is 104. The molecule has 0 aromatic rings. The van der Waals surface area contributed by atoms with Gasteiger partial charge in [-0.05, 0) is 25.7 Å². The summed E-state index contributed by atoms with van der Waals surface area (Å²) in [6, 6.07) is 0. The summed E-state index contributed by atoms with van der Waals surface area (Å²) in [4.78, 5) is 21.9. The van der Waals surface area contributed by atoms with E-state index in [2.05, 4.69) is 13.8 Å².